The highest BCUT2D eigenvalue weighted by molar-refractivity contribution is 5.95. The van der Waals surface area contributed by atoms with E-state index in [0.717, 1.165) is 27.2 Å². The molecule has 2 aliphatic heterocycles. The average molecular weight is 915 g/mol. The molecule has 0 bridgehead atoms. The van der Waals surface area contributed by atoms with Crippen molar-refractivity contribution in [3.63, 3.8) is 0 Å². The normalized spacial score (nSPS) is 17.9. The molecule has 2 aliphatic carbocycles. The Kier molecular flexibility index (Phi) is 11.6. The number of aromatic nitrogens is 2. The van der Waals surface area contributed by atoms with Gasteiger partial charge >= 0.3 is 18.0 Å². The molecule has 4 amide bonds. The number of aliphatic carboxylic acids is 1. The van der Waals surface area contributed by atoms with E-state index in [1.165, 1.54) is 16.7 Å². The van der Waals surface area contributed by atoms with Gasteiger partial charge in [0.15, 0.2) is 5.60 Å². The summed E-state index contributed by atoms with van der Waals surface area (Å²) < 4.78 is 27.7. The van der Waals surface area contributed by atoms with Gasteiger partial charge in [-0.3, -0.25) is 19.2 Å². The molecule has 67 heavy (non-hydrogen) atoms. The zero-order valence-corrected chi connectivity index (χ0v) is 36.6. The molecule has 18 heteroatoms. The minimum atomic E-state index is -2.12. The molecule has 3 atom stereocenters. The van der Waals surface area contributed by atoms with Gasteiger partial charge < -0.3 is 45.5 Å². The van der Waals surface area contributed by atoms with Crippen molar-refractivity contribution in [2.24, 2.45) is 5.73 Å². The number of halogens is 1. The number of primary amides is 1. The Morgan fingerprint density at radius 3 is 2.40 bits per heavy atom. The number of carbonyl (C=O) groups is 6. The van der Waals surface area contributed by atoms with E-state index in [-0.39, 0.29) is 92.4 Å². The first-order valence-corrected chi connectivity index (χ1v) is 22.1. The molecule has 6 N–H and O–H groups in total. The second-order valence-electron chi connectivity index (χ2n) is 17.3. The fourth-order valence-electron chi connectivity index (χ4n) is 10.3. The lowest BCUT2D eigenvalue weighted by Crippen LogP contribution is -2.49. The second-order valence-corrected chi connectivity index (χ2v) is 17.3. The molecule has 0 radical (unpaired) electrons. The fraction of sp³-hybridized carbons (Fsp3) is 0.347. The van der Waals surface area contributed by atoms with Crippen molar-refractivity contribution >= 4 is 46.7 Å². The maximum Gasteiger partial charge on any atom is 0.407 e. The Labute approximate surface area is 382 Å². The predicted molar refractivity (Wildman–Crippen MR) is 238 cm³/mol. The molecule has 9 rings (SSSR count). The second kappa shape index (κ2) is 17.4. The largest absolute Gasteiger partial charge is 0.480 e. The smallest absolute Gasteiger partial charge is 0.407 e. The third kappa shape index (κ3) is 7.63. The van der Waals surface area contributed by atoms with Crippen LogP contribution in [-0.4, -0.2) is 86.2 Å². The fourth-order valence-corrected chi connectivity index (χ4v) is 10.3. The Bertz CT molecular complexity index is 2980. The van der Waals surface area contributed by atoms with Crippen LogP contribution < -0.4 is 21.9 Å². The summed E-state index contributed by atoms with van der Waals surface area (Å²) in [5.74, 6) is -5.37. The van der Waals surface area contributed by atoms with Crippen molar-refractivity contribution in [1.82, 2.24) is 25.1 Å². The van der Waals surface area contributed by atoms with Gasteiger partial charge in [-0.15, -0.1) is 0 Å². The number of cyclic esters (lactones) is 1. The number of pyridine rings is 2. The van der Waals surface area contributed by atoms with Crippen LogP contribution >= 0.6 is 0 Å². The number of benzene rings is 3. The first kappa shape index (κ1) is 44.7. The van der Waals surface area contributed by atoms with Gasteiger partial charge in [0.1, 0.15) is 25.1 Å². The van der Waals surface area contributed by atoms with E-state index in [0.29, 0.717) is 27.6 Å². The number of amides is 4. The number of ether oxygens (including phenoxy) is 2. The number of carboxylic acids is 1. The van der Waals surface area contributed by atoms with Crippen LogP contribution in [0.2, 0.25) is 0 Å². The topological polar surface area (TPSA) is 250 Å². The summed E-state index contributed by atoms with van der Waals surface area (Å²) in [7, 11) is 0. The van der Waals surface area contributed by atoms with Gasteiger partial charge in [0.25, 0.3) is 5.56 Å². The van der Waals surface area contributed by atoms with E-state index in [2.05, 4.69) is 10.6 Å². The van der Waals surface area contributed by atoms with Crippen LogP contribution in [0.1, 0.15) is 95.5 Å². The molecule has 0 saturated heterocycles. The zero-order valence-electron chi connectivity index (χ0n) is 36.6. The highest BCUT2D eigenvalue weighted by Gasteiger charge is 2.47. The summed E-state index contributed by atoms with van der Waals surface area (Å²) in [6, 6.07) is 15.7. The standard InChI is InChI=1S/C49H47FN6O11/c1-3-49(65)33-17-37-44-30(21-55(37)45(60)32(33)23-66-47(49)63)43-36(15-14-25-24(2)34(50)18-35(54-44)42(25)43)56(38(46(61)62)19-39(51)57)41(59)13-8-16-52-40(58)20-53-48(64)67-22-31-28-11-6-4-9-26(28)27-10-5-7-12-29(27)31/h4-7,9-12,17-18,31,36,38,65H,3,8,13-16,19-23H2,1-2H3,(H2,51,57)(H,52,58)(H,53,64)(H,61,62)/t36-,38-,49-/m0/s1. The molecule has 3 aromatic carbocycles. The molecule has 5 aromatic rings. The van der Waals surface area contributed by atoms with Crippen LogP contribution in [0, 0.1) is 12.7 Å². The van der Waals surface area contributed by atoms with Gasteiger partial charge in [0.05, 0.1) is 48.0 Å². The maximum absolute atomic E-state index is 15.6. The number of fused-ring (bicyclic) bond motifs is 8. The van der Waals surface area contributed by atoms with Crippen LogP contribution in [-0.2, 0) is 58.6 Å². The number of carboxylic acid groups (broad SMARTS) is 1. The summed E-state index contributed by atoms with van der Waals surface area (Å²) in [6.45, 7) is 2.28. The number of nitrogens with one attached hydrogen (secondary N) is 2. The van der Waals surface area contributed by atoms with Crippen molar-refractivity contribution in [2.75, 3.05) is 19.7 Å². The SMILES string of the molecule is CC[C@@]1(O)C(=O)OCc2c1cc1n(c2=O)Cc2c-1nc1cc(F)c(C)c3c1c2[C@@H](N(C(=O)CCCNC(=O)CNC(=O)OCC1c2ccccc2-c2ccccc21)[C@@H](CC(N)=O)C(=O)O)CC3. The minimum Gasteiger partial charge on any atom is -0.480 e. The van der Waals surface area contributed by atoms with Crippen LogP contribution in [0.5, 0.6) is 0 Å². The molecule has 0 unspecified atom stereocenters. The van der Waals surface area contributed by atoms with Gasteiger partial charge in [-0.1, -0.05) is 55.5 Å². The zero-order chi connectivity index (χ0) is 47.5. The number of nitrogens with two attached hydrogens (primary N) is 1. The van der Waals surface area contributed by atoms with E-state index < -0.39 is 77.8 Å². The summed E-state index contributed by atoms with van der Waals surface area (Å²) in [5, 5.41) is 27.6. The summed E-state index contributed by atoms with van der Waals surface area (Å²) in [6.07, 6.45) is -1.61. The van der Waals surface area contributed by atoms with Crippen molar-refractivity contribution < 1.29 is 52.8 Å². The third-order valence-corrected chi connectivity index (χ3v) is 13.6. The number of aryl methyl sites for hydroxylation is 1. The molecular weight excluding hydrogens is 868 g/mol. The molecule has 0 saturated carbocycles. The highest BCUT2D eigenvalue weighted by Crippen LogP contribution is 2.49. The van der Waals surface area contributed by atoms with Gasteiger partial charge in [0, 0.05) is 41.5 Å². The minimum absolute atomic E-state index is 0.0277. The van der Waals surface area contributed by atoms with Crippen LogP contribution in [0.25, 0.3) is 33.4 Å². The van der Waals surface area contributed by atoms with Crippen molar-refractivity contribution in [3.05, 3.63) is 121 Å². The lowest BCUT2D eigenvalue weighted by atomic mass is 9.80. The predicted octanol–water partition coefficient (Wildman–Crippen LogP) is 4.11. The van der Waals surface area contributed by atoms with Gasteiger partial charge in [-0.05, 0) is 77.6 Å². The van der Waals surface area contributed by atoms with Crippen LogP contribution in [0.4, 0.5) is 9.18 Å². The average Bonchev–Trinajstić information content (AvgIpc) is 3.85. The maximum atomic E-state index is 15.6. The van der Waals surface area contributed by atoms with E-state index >= 15 is 4.39 Å². The molecule has 0 fully saturated rings. The summed E-state index contributed by atoms with van der Waals surface area (Å²) >= 11 is 0. The van der Waals surface area contributed by atoms with Crippen LogP contribution in [0.3, 0.4) is 0 Å². The van der Waals surface area contributed by atoms with Gasteiger partial charge in [-0.25, -0.2) is 23.8 Å². The van der Waals surface area contributed by atoms with Gasteiger partial charge in [-0.2, -0.15) is 0 Å². The molecule has 4 heterocycles. The lowest BCUT2D eigenvalue weighted by Gasteiger charge is -2.40. The van der Waals surface area contributed by atoms with Crippen molar-refractivity contribution in [2.45, 2.75) is 89.1 Å². The molecule has 346 valence electrons. The summed E-state index contributed by atoms with van der Waals surface area (Å²) in [4.78, 5) is 98.5. The monoisotopic (exact) mass is 914 g/mol. The van der Waals surface area contributed by atoms with Crippen molar-refractivity contribution in [3.8, 4) is 22.5 Å². The lowest BCUT2D eigenvalue weighted by molar-refractivity contribution is -0.172. The molecule has 2 aromatic heterocycles. The van der Waals surface area contributed by atoms with E-state index in [1.807, 2.05) is 48.5 Å². The summed E-state index contributed by atoms with van der Waals surface area (Å²) in [5.41, 5.74) is 9.60. The first-order valence-electron chi connectivity index (χ1n) is 22.1. The quantitative estimate of drug-likeness (QED) is 0.0766. The molecular formula is C49H47FN6O11. The Hall–Kier alpha value is -7.47. The number of hydrogen-bond donors (Lipinski definition) is 5. The first-order chi connectivity index (χ1) is 32.1. The van der Waals surface area contributed by atoms with E-state index in [9.17, 15) is 43.8 Å². The molecule has 17 nitrogen and oxygen atoms in total. The van der Waals surface area contributed by atoms with Crippen LogP contribution in [0.15, 0.2) is 65.5 Å². The van der Waals surface area contributed by atoms with Crippen molar-refractivity contribution in [1.29, 1.82) is 0 Å². The Balaban J connectivity index is 0.944. The number of carbonyl (C=O) groups excluding carboxylic acids is 5. The number of rotatable bonds is 14. The molecule has 0 spiro atoms. The number of nitrogens with zero attached hydrogens (tertiary/aromatic N) is 3. The number of esters is 1. The molecule has 4 aliphatic rings. The Morgan fingerprint density at radius 1 is 1.03 bits per heavy atom. The Morgan fingerprint density at radius 2 is 1.73 bits per heavy atom. The number of aliphatic hydroxyl groups is 1. The number of hydrogen-bond acceptors (Lipinski definition) is 11. The number of alkyl carbamates (subject to hydrolysis) is 1. The van der Waals surface area contributed by atoms with E-state index in [1.54, 1.807) is 13.8 Å². The highest BCUT2D eigenvalue weighted by atomic mass is 19.1. The van der Waals surface area contributed by atoms with Gasteiger partial charge in [0.2, 0.25) is 17.7 Å². The van der Waals surface area contributed by atoms with E-state index in [4.69, 9.17) is 20.2 Å². The third-order valence-electron chi connectivity index (χ3n) is 13.6.